The van der Waals surface area contributed by atoms with Crippen molar-refractivity contribution in [2.45, 2.75) is 64.2 Å². The van der Waals surface area contributed by atoms with Crippen LogP contribution in [0.25, 0.3) is 0 Å². The molecule has 0 atom stereocenters. The zero-order valence-corrected chi connectivity index (χ0v) is 11.2. The molecule has 2 aliphatic rings. The monoisotopic (exact) mass is 256 g/mol. The first-order chi connectivity index (χ1) is 5.97. The fraction of sp³-hybridized carbons (Fsp3) is 1.00. The maximum absolute atomic E-state index is 1.56. The van der Waals surface area contributed by atoms with E-state index in [0.717, 1.165) is 11.8 Å². The van der Waals surface area contributed by atoms with Crippen molar-refractivity contribution in [2.24, 2.45) is 11.8 Å². The molecule has 2 rings (SSSR count). The van der Waals surface area contributed by atoms with Crippen LogP contribution < -0.4 is 0 Å². The molecule has 0 bridgehead atoms. The SMILES string of the molecule is C1CCC(C2CCCCC2)CC1.[Zr]. The fourth-order valence-corrected chi connectivity index (χ4v) is 3.21. The van der Waals surface area contributed by atoms with Gasteiger partial charge in [-0.2, -0.15) is 0 Å². The first-order valence-electron chi connectivity index (χ1n) is 5.97. The Kier molecular flexibility index (Phi) is 5.87. The van der Waals surface area contributed by atoms with E-state index in [1.54, 1.807) is 25.7 Å². The third-order valence-electron chi connectivity index (χ3n) is 3.97. The Morgan fingerprint density at radius 1 is 0.462 bits per heavy atom. The summed E-state index contributed by atoms with van der Waals surface area (Å²) in [5.41, 5.74) is 0. The quantitative estimate of drug-likeness (QED) is 0.662. The summed E-state index contributed by atoms with van der Waals surface area (Å²) in [6, 6.07) is 0. The van der Waals surface area contributed by atoms with Gasteiger partial charge in [0.25, 0.3) is 0 Å². The van der Waals surface area contributed by atoms with Gasteiger partial charge >= 0.3 is 0 Å². The van der Waals surface area contributed by atoms with Crippen LogP contribution in [-0.4, -0.2) is 0 Å². The van der Waals surface area contributed by atoms with Gasteiger partial charge in [-0.3, -0.25) is 0 Å². The molecule has 0 heterocycles. The zero-order valence-electron chi connectivity index (χ0n) is 8.73. The van der Waals surface area contributed by atoms with Crippen molar-refractivity contribution in [3.8, 4) is 0 Å². The van der Waals surface area contributed by atoms with Gasteiger partial charge in [-0.1, -0.05) is 64.2 Å². The van der Waals surface area contributed by atoms with Gasteiger partial charge in [-0.05, 0) is 11.8 Å². The van der Waals surface area contributed by atoms with Crippen LogP contribution in [0.15, 0.2) is 0 Å². The van der Waals surface area contributed by atoms with Gasteiger partial charge < -0.3 is 0 Å². The third-order valence-corrected chi connectivity index (χ3v) is 3.97. The van der Waals surface area contributed by atoms with E-state index in [0.29, 0.717) is 0 Å². The Morgan fingerprint density at radius 2 is 0.769 bits per heavy atom. The van der Waals surface area contributed by atoms with Gasteiger partial charge in [-0.25, -0.2) is 0 Å². The molecule has 74 valence electrons. The Morgan fingerprint density at radius 3 is 1.08 bits per heavy atom. The standard InChI is InChI=1S/C12H22.Zr/c1-3-7-11(8-4-1)12-9-5-2-6-10-12;/h11-12H,1-10H2;. The summed E-state index contributed by atoms with van der Waals surface area (Å²) in [5, 5.41) is 0. The van der Waals surface area contributed by atoms with Gasteiger partial charge in [0.2, 0.25) is 0 Å². The topological polar surface area (TPSA) is 0 Å². The van der Waals surface area contributed by atoms with E-state index in [2.05, 4.69) is 0 Å². The number of hydrogen-bond donors (Lipinski definition) is 0. The van der Waals surface area contributed by atoms with Crippen LogP contribution in [0.3, 0.4) is 0 Å². The van der Waals surface area contributed by atoms with E-state index >= 15 is 0 Å². The second-order valence-corrected chi connectivity index (χ2v) is 4.80. The van der Waals surface area contributed by atoms with Crippen molar-refractivity contribution in [1.82, 2.24) is 0 Å². The molecule has 0 aromatic rings. The van der Waals surface area contributed by atoms with Crippen LogP contribution in [0.1, 0.15) is 64.2 Å². The number of rotatable bonds is 1. The second kappa shape index (κ2) is 6.38. The van der Waals surface area contributed by atoms with Crippen LogP contribution in [0, 0.1) is 11.8 Å². The van der Waals surface area contributed by atoms with Gasteiger partial charge in [-0.15, -0.1) is 0 Å². The minimum Gasteiger partial charge on any atom is -0.0533 e. The summed E-state index contributed by atoms with van der Waals surface area (Å²) in [6.45, 7) is 0. The van der Waals surface area contributed by atoms with Crippen molar-refractivity contribution in [3.05, 3.63) is 0 Å². The predicted molar refractivity (Wildman–Crippen MR) is 53.2 cm³/mol. The van der Waals surface area contributed by atoms with E-state index in [1.165, 1.54) is 38.5 Å². The Balaban J connectivity index is 0.000000845. The van der Waals surface area contributed by atoms with E-state index in [9.17, 15) is 0 Å². The van der Waals surface area contributed by atoms with Crippen molar-refractivity contribution in [3.63, 3.8) is 0 Å². The summed E-state index contributed by atoms with van der Waals surface area (Å²) >= 11 is 0. The predicted octanol–water partition coefficient (Wildman–Crippen LogP) is 4.14. The van der Waals surface area contributed by atoms with Crippen molar-refractivity contribution < 1.29 is 26.2 Å². The molecule has 0 unspecified atom stereocenters. The molecular weight excluding hydrogens is 235 g/mol. The van der Waals surface area contributed by atoms with Gasteiger partial charge in [0.1, 0.15) is 0 Å². The van der Waals surface area contributed by atoms with E-state index < -0.39 is 0 Å². The average molecular weight is 258 g/mol. The van der Waals surface area contributed by atoms with Crippen LogP contribution in [0.4, 0.5) is 0 Å². The second-order valence-electron chi connectivity index (χ2n) is 4.80. The van der Waals surface area contributed by atoms with Crippen LogP contribution in [0.2, 0.25) is 0 Å². The Bertz CT molecular complexity index is 105. The van der Waals surface area contributed by atoms with Crippen LogP contribution in [0.5, 0.6) is 0 Å². The van der Waals surface area contributed by atoms with Gasteiger partial charge in [0.05, 0.1) is 0 Å². The minimum atomic E-state index is 0. The molecular formula is C12H22Zr. The Hall–Kier alpha value is 0.883. The fourth-order valence-electron chi connectivity index (χ4n) is 3.21. The molecule has 0 spiro atoms. The third kappa shape index (κ3) is 3.50. The van der Waals surface area contributed by atoms with Crippen LogP contribution >= 0.6 is 0 Å². The molecule has 0 nitrogen and oxygen atoms in total. The molecule has 1 heteroatoms. The summed E-state index contributed by atoms with van der Waals surface area (Å²) < 4.78 is 0. The zero-order chi connectivity index (χ0) is 8.23. The Labute approximate surface area is 102 Å². The molecule has 0 N–H and O–H groups in total. The average Bonchev–Trinajstić information content (AvgIpc) is 2.21. The molecule has 0 aliphatic heterocycles. The molecule has 0 aromatic heterocycles. The van der Waals surface area contributed by atoms with Gasteiger partial charge in [0.15, 0.2) is 0 Å². The molecule has 0 radical (unpaired) electrons. The van der Waals surface area contributed by atoms with Crippen molar-refractivity contribution >= 4 is 0 Å². The minimum absolute atomic E-state index is 0. The summed E-state index contributed by atoms with van der Waals surface area (Å²) in [4.78, 5) is 0. The maximum atomic E-state index is 1.56. The smallest absolute Gasteiger partial charge is 0 e. The van der Waals surface area contributed by atoms with Crippen LogP contribution in [-0.2, 0) is 26.2 Å². The number of hydrogen-bond acceptors (Lipinski definition) is 0. The first kappa shape index (κ1) is 12.0. The molecule has 13 heavy (non-hydrogen) atoms. The summed E-state index contributed by atoms with van der Waals surface area (Å²) in [6.07, 6.45) is 15.4. The first-order valence-corrected chi connectivity index (χ1v) is 5.97. The van der Waals surface area contributed by atoms with E-state index in [4.69, 9.17) is 0 Å². The maximum Gasteiger partial charge on any atom is 0 e. The van der Waals surface area contributed by atoms with E-state index in [1.807, 2.05) is 0 Å². The normalized spacial score (nSPS) is 26.8. The molecule has 2 aliphatic carbocycles. The summed E-state index contributed by atoms with van der Waals surface area (Å²) in [7, 11) is 0. The van der Waals surface area contributed by atoms with Crippen molar-refractivity contribution in [1.29, 1.82) is 0 Å². The molecule has 2 saturated carbocycles. The molecule has 0 amide bonds. The molecule has 2 fully saturated rings. The van der Waals surface area contributed by atoms with Gasteiger partial charge in [0, 0.05) is 26.2 Å². The van der Waals surface area contributed by atoms with E-state index in [-0.39, 0.29) is 26.2 Å². The summed E-state index contributed by atoms with van der Waals surface area (Å²) in [5.74, 6) is 2.28. The molecule has 0 saturated heterocycles. The van der Waals surface area contributed by atoms with Crippen molar-refractivity contribution in [2.75, 3.05) is 0 Å². The largest absolute Gasteiger partial charge is 0.0533 e. The molecule has 0 aromatic carbocycles.